The fraction of sp³-hybridized carbons (Fsp3) is 0.182. The Morgan fingerprint density at radius 2 is 1.48 bits per heavy atom. The summed E-state index contributed by atoms with van der Waals surface area (Å²) >= 11 is 0. The van der Waals surface area contributed by atoms with Crippen LogP contribution in [0.4, 0.5) is 5.69 Å². The summed E-state index contributed by atoms with van der Waals surface area (Å²) < 4.78 is 0. The molecule has 0 fully saturated rings. The standard InChI is InChI=1S/C21H19NO2.CH4/c23-18-8-6-15(7-9-18)21-20-11-10-19(24)14-16(20)12-13-22(21)17-4-2-1-3-5-17;/h1-11,14,21,23-24H,12-13H2;1H4. The maximum Gasteiger partial charge on any atom is 0.115 e. The van der Waals surface area contributed by atoms with Crippen LogP contribution in [0.15, 0.2) is 72.8 Å². The molecule has 0 radical (unpaired) electrons. The van der Waals surface area contributed by atoms with Gasteiger partial charge in [-0.15, -0.1) is 0 Å². The minimum atomic E-state index is 0. The van der Waals surface area contributed by atoms with Gasteiger partial charge in [-0.25, -0.2) is 0 Å². The normalized spacial score (nSPS) is 16.0. The zero-order chi connectivity index (χ0) is 16.5. The van der Waals surface area contributed by atoms with Crippen LogP contribution in [0.1, 0.15) is 30.2 Å². The topological polar surface area (TPSA) is 43.7 Å². The molecule has 0 aliphatic carbocycles. The van der Waals surface area contributed by atoms with Crippen LogP contribution >= 0.6 is 0 Å². The number of rotatable bonds is 2. The van der Waals surface area contributed by atoms with Gasteiger partial charge in [0.05, 0.1) is 6.04 Å². The number of phenols is 2. The van der Waals surface area contributed by atoms with E-state index < -0.39 is 0 Å². The van der Waals surface area contributed by atoms with Crippen LogP contribution < -0.4 is 4.90 Å². The Labute approximate surface area is 148 Å². The van der Waals surface area contributed by atoms with Gasteiger partial charge in [0.1, 0.15) is 11.5 Å². The molecule has 0 spiro atoms. The van der Waals surface area contributed by atoms with E-state index in [1.54, 1.807) is 18.2 Å². The summed E-state index contributed by atoms with van der Waals surface area (Å²) in [7, 11) is 0. The summed E-state index contributed by atoms with van der Waals surface area (Å²) in [5.74, 6) is 0.582. The lowest BCUT2D eigenvalue weighted by Gasteiger charge is -2.39. The molecular formula is C22H23NO2. The Bertz CT molecular complexity index is 844. The Balaban J connectivity index is 0.00000182. The molecule has 3 aromatic carbocycles. The van der Waals surface area contributed by atoms with Gasteiger partial charge in [0, 0.05) is 12.2 Å². The van der Waals surface area contributed by atoms with Gasteiger partial charge in [0.15, 0.2) is 0 Å². The van der Waals surface area contributed by atoms with Gasteiger partial charge in [-0.1, -0.05) is 43.8 Å². The summed E-state index contributed by atoms with van der Waals surface area (Å²) in [5, 5.41) is 19.4. The zero-order valence-electron chi connectivity index (χ0n) is 13.3. The van der Waals surface area contributed by atoms with Gasteiger partial charge in [0.2, 0.25) is 0 Å². The second-order valence-corrected chi connectivity index (χ2v) is 6.16. The molecule has 128 valence electrons. The molecule has 0 amide bonds. The molecule has 1 atom stereocenters. The Hall–Kier alpha value is -2.94. The number of nitrogens with zero attached hydrogens (tertiary/aromatic N) is 1. The predicted octanol–water partition coefficient (Wildman–Crippen LogP) is 4.89. The van der Waals surface area contributed by atoms with Crippen LogP contribution in [0.3, 0.4) is 0 Å². The molecule has 3 heteroatoms. The zero-order valence-corrected chi connectivity index (χ0v) is 13.3. The number of aromatic hydroxyl groups is 2. The Morgan fingerprint density at radius 3 is 2.20 bits per heavy atom. The lowest BCUT2D eigenvalue weighted by atomic mass is 9.87. The summed E-state index contributed by atoms with van der Waals surface area (Å²) in [6, 6.07) is 23.5. The largest absolute Gasteiger partial charge is 0.508 e. The van der Waals surface area contributed by atoms with Crippen LogP contribution in [0.25, 0.3) is 0 Å². The lowest BCUT2D eigenvalue weighted by molar-refractivity contribution is 0.473. The Morgan fingerprint density at radius 1 is 0.800 bits per heavy atom. The number of hydrogen-bond acceptors (Lipinski definition) is 3. The van der Waals surface area contributed by atoms with E-state index in [2.05, 4.69) is 29.2 Å². The maximum atomic E-state index is 9.82. The first-order valence-electron chi connectivity index (χ1n) is 8.15. The first kappa shape index (κ1) is 16.9. The molecule has 3 nitrogen and oxygen atoms in total. The fourth-order valence-corrected chi connectivity index (χ4v) is 3.53. The maximum absolute atomic E-state index is 9.82. The second kappa shape index (κ2) is 6.89. The summed E-state index contributed by atoms with van der Waals surface area (Å²) in [5.41, 5.74) is 4.69. The van der Waals surface area contributed by atoms with Gasteiger partial charge in [0.25, 0.3) is 0 Å². The van der Waals surface area contributed by atoms with Crippen molar-refractivity contribution in [2.75, 3.05) is 11.4 Å². The van der Waals surface area contributed by atoms with Crippen molar-refractivity contribution >= 4 is 5.69 Å². The van der Waals surface area contributed by atoms with E-state index in [1.807, 2.05) is 30.3 Å². The highest BCUT2D eigenvalue weighted by Crippen LogP contribution is 2.39. The predicted molar refractivity (Wildman–Crippen MR) is 102 cm³/mol. The minimum Gasteiger partial charge on any atom is -0.508 e. The second-order valence-electron chi connectivity index (χ2n) is 6.16. The highest BCUT2D eigenvalue weighted by molar-refractivity contribution is 5.56. The molecule has 3 aromatic rings. The quantitative estimate of drug-likeness (QED) is 0.702. The summed E-state index contributed by atoms with van der Waals surface area (Å²) in [4.78, 5) is 2.38. The van der Waals surface area contributed by atoms with Gasteiger partial charge in [-0.2, -0.15) is 0 Å². The van der Waals surface area contributed by atoms with Crippen molar-refractivity contribution in [2.45, 2.75) is 19.9 Å². The summed E-state index contributed by atoms with van der Waals surface area (Å²) in [6.07, 6.45) is 0.896. The molecule has 1 unspecified atom stereocenters. The number of fused-ring (bicyclic) bond motifs is 1. The minimum absolute atomic E-state index is 0. The summed E-state index contributed by atoms with van der Waals surface area (Å²) in [6.45, 7) is 0.881. The van der Waals surface area contributed by atoms with Crippen molar-refractivity contribution in [3.05, 3.63) is 89.5 Å². The average molecular weight is 333 g/mol. The highest BCUT2D eigenvalue weighted by Gasteiger charge is 2.29. The van der Waals surface area contributed by atoms with Crippen molar-refractivity contribution in [1.82, 2.24) is 0 Å². The van der Waals surface area contributed by atoms with Crippen molar-refractivity contribution in [2.24, 2.45) is 0 Å². The molecule has 4 rings (SSSR count). The van der Waals surface area contributed by atoms with E-state index in [0.717, 1.165) is 18.5 Å². The number of para-hydroxylation sites is 1. The molecule has 1 aliphatic heterocycles. The van der Waals surface area contributed by atoms with Gasteiger partial charge in [-0.3, -0.25) is 0 Å². The SMILES string of the molecule is C.Oc1ccc(C2c3ccc(O)cc3CCN2c2ccccc2)cc1. The molecule has 1 aliphatic rings. The molecule has 2 N–H and O–H groups in total. The third-order valence-corrected chi connectivity index (χ3v) is 4.65. The molecule has 1 heterocycles. The molecule has 0 saturated carbocycles. The number of phenolic OH excluding ortho intramolecular Hbond substituents is 2. The molecule has 25 heavy (non-hydrogen) atoms. The molecule has 0 bridgehead atoms. The third kappa shape index (κ3) is 3.18. The number of hydrogen-bond donors (Lipinski definition) is 2. The van der Waals surface area contributed by atoms with E-state index in [4.69, 9.17) is 0 Å². The average Bonchev–Trinajstić information content (AvgIpc) is 2.62. The molecule has 0 saturated heterocycles. The molecular weight excluding hydrogens is 310 g/mol. The highest BCUT2D eigenvalue weighted by atomic mass is 16.3. The van der Waals surface area contributed by atoms with Crippen LogP contribution in [0, 0.1) is 0 Å². The van der Waals surface area contributed by atoms with Crippen LogP contribution in [0.5, 0.6) is 11.5 Å². The van der Waals surface area contributed by atoms with Gasteiger partial charge >= 0.3 is 0 Å². The van der Waals surface area contributed by atoms with Crippen LogP contribution in [0.2, 0.25) is 0 Å². The van der Waals surface area contributed by atoms with Gasteiger partial charge in [-0.05, 0) is 59.5 Å². The number of anilines is 1. The number of benzene rings is 3. The van der Waals surface area contributed by atoms with Crippen molar-refractivity contribution in [3.8, 4) is 11.5 Å². The smallest absolute Gasteiger partial charge is 0.115 e. The van der Waals surface area contributed by atoms with Crippen molar-refractivity contribution in [3.63, 3.8) is 0 Å². The lowest BCUT2D eigenvalue weighted by Crippen LogP contribution is -2.36. The van der Waals surface area contributed by atoms with E-state index in [-0.39, 0.29) is 19.2 Å². The van der Waals surface area contributed by atoms with Crippen LogP contribution in [-0.2, 0) is 6.42 Å². The van der Waals surface area contributed by atoms with Crippen molar-refractivity contribution < 1.29 is 10.2 Å². The van der Waals surface area contributed by atoms with E-state index in [1.165, 1.54) is 16.8 Å². The van der Waals surface area contributed by atoms with Crippen LogP contribution in [-0.4, -0.2) is 16.8 Å². The first-order chi connectivity index (χ1) is 11.7. The third-order valence-electron chi connectivity index (χ3n) is 4.65. The van der Waals surface area contributed by atoms with Crippen molar-refractivity contribution in [1.29, 1.82) is 0 Å². The van der Waals surface area contributed by atoms with E-state index >= 15 is 0 Å². The van der Waals surface area contributed by atoms with E-state index in [9.17, 15) is 10.2 Å². The monoisotopic (exact) mass is 333 g/mol. The fourth-order valence-electron chi connectivity index (χ4n) is 3.53. The van der Waals surface area contributed by atoms with E-state index in [0.29, 0.717) is 5.75 Å². The van der Waals surface area contributed by atoms with Gasteiger partial charge < -0.3 is 15.1 Å². The molecule has 0 aromatic heterocycles. The Kier molecular flexibility index (Phi) is 4.66. The first-order valence-corrected chi connectivity index (χ1v) is 8.15.